The zero-order valence-corrected chi connectivity index (χ0v) is 6.21. The first-order valence-electron chi connectivity index (χ1n) is 1.68. The highest BCUT2D eigenvalue weighted by Gasteiger charge is 1.76. The van der Waals surface area contributed by atoms with Crippen LogP contribution in [0.15, 0.2) is 0 Å². The van der Waals surface area contributed by atoms with Crippen molar-refractivity contribution < 1.29 is 0 Å². The second kappa shape index (κ2) is 6.05. The SMILES string of the molecule is CSSCCS. The maximum atomic E-state index is 4.02. The quantitative estimate of drug-likeness (QED) is 0.361. The smallest absolute Gasteiger partial charge is 0.0125 e. The Morgan fingerprint density at radius 2 is 2.33 bits per heavy atom. The Balaban J connectivity index is 2.34. The van der Waals surface area contributed by atoms with Gasteiger partial charge in [0.1, 0.15) is 0 Å². The summed E-state index contributed by atoms with van der Waals surface area (Å²) in [4.78, 5) is 0. The Bertz CT molecular complexity index is 18.0. The van der Waals surface area contributed by atoms with Gasteiger partial charge in [0.25, 0.3) is 0 Å². The number of hydrogen-bond donors (Lipinski definition) is 1. The van der Waals surface area contributed by atoms with E-state index in [9.17, 15) is 0 Å². The van der Waals surface area contributed by atoms with Crippen LogP contribution < -0.4 is 0 Å². The highest BCUT2D eigenvalue weighted by atomic mass is 33.1. The van der Waals surface area contributed by atoms with Crippen molar-refractivity contribution in [2.24, 2.45) is 0 Å². The van der Waals surface area contributed by atoms with Crippen LogP contribution >= 0.6 is 34.2 Å². The first kappa shape index (κ1) is 7.05. The zero-order chi connectivity index (χ0) is 4.83. The molecule has 0 bridgehead atoms. The van der Waals surface area contributed by atoms with Crippen LogP contribution in [0.2, 0.25) is 0 Å². The summed E-state index contributed by atoms with van der Waals surface area (Å²) < 4.78 is 0. The van der Waals surface area contributed by atoms with E-state index in [0.717, 1.165) is 11.5 Å². The van der Waals surface area contributed by atoms with Gasteiger partial charge >= 0.3 is 0 Å². The van der Waals surface area contributed by atoms with Gasteiger partial charge < -0.3 is 0 Å². The summed E-state index contributed by atoms with van der Waals surface area (Å²) in [7, 11) is 3.64. The minimum atomic E-state index is 0.992. The van der Waals surface area contributed by atoms with E-state index >= 15 is 0 Å². The van der Waals surface area contributed by atoms with Crippen LogP contribution in [0, 0.1) is 0 Å². The van der Waals surface area contributed by atoms with Gasteiger partial charge in [0.15, 0.2) is 0 Å². The standard InChI is InChI=1S/C3H8S3/c1-5-6-3-2-4/h4H,2-3H2,1H3. The van der Waals surface area contributed by atoms with Crippen LogP contribution in [-0.2, 0) is 0 Å². The van der Waals surface area contributed by atoms with Crippen LogP contribution in [-0.4, -0.2) is 17.8 Å². The summed E-state index contributed by atoms with van der Waals surface area (Å²) in [6.07, 6.45) is 2.08. The van der Waals surface area contributed by atoms with Crippen molar-refractivity contribution in [1.82, 2.24) is 0 Å². The molecule has 0 nitrogen and oxygen atoms in total. The molecule has 0 aliphatic heterocycles. The molecule has 0 saturated heterocycles. The van der Waals surface area contributed by atoms with Gasteiger partial charge in [-0.25, -0.2) is 0 Å². The molecule has 0 aromatic heterocycles. The molecule has 0 spiro atoms. The Hall–Kier alpha value is 1.05. The van der Waals surface area contributed by atoms with Gasteiger partial charge in [0.2, 0.25) is 0 Å². The van der Waals surface area contributed by atoms with Crippen molar-refractivity contribution in [3.8, 4) is 0 Å². The van der Waals surface area contributed by atoms with Gasteiger partial charge in [-0.05, 0) is 6.26 Å². The fraction of sp³-hybridized carbons (Fsp3) is 1.00. The maximum Gasteiger partial charge on any atom is 0.0125 e. The topological polar surface area (TPSA) is 0 Å². The van der Waals surface area contributed by atoms with Gasteiger partial charge in [0, 0.05) is 11.5 Å². The van der Waals surface area contributed by atoms with Crippen molar-refractivity contribution in [2.75, 3.05) is 17.8 Å². The molecule has 0 heterocycles. The van der Waals surface area contributed by atoms with E-state index in [4.69, 9.17) is 0 Å². The molecule has 0 aliphatic carbocycles. The Morgan fingerprint density at radius 1 is 1.67 bits per heavy atom. The second-order valence-corrected chi connectivity index (χ2v) is 3.84. The largest absolute Gasteiger partial charge is 0.178 e. The first-order valence-corrected chi connectivity index (χ1v) is 5.04. The number of thiol groups is 1. The third kappa shape index (κ3) is 5.05. The van der Waals surface area contributed by atoms with E-state index in [1.807, 2.05) is 10.8 Å². The molecule has 0 aromatic rings. The van der Waals surface area contributed by atoms with Crippen LogP contribution in [0.3, 0.4) is 0 Å². The lowest BCUT2D eigenvalue weighted by Crippen LogP contribution is -1.70. The molecule has 0 amide bonds. The molecule has 0 unspecified atom stereocenters. The summed E-state index contributed by atoms with van der Waals surface area (Å²) in [6.45, 7) is 0. The van der Waals surface area contributed by atoms with Crippen molar-refractivity contribution >= 4 is 34.2 Å². The fourth-order valence-corrected chi connectivity index (χ4v) is 1.76. The van der Waals surface area contributed by atoms with Crippen LogP contribution in [0.5, 0.6) is 0 Å². The lowest BCUT2D eigenvalue weighted by molar-refractivity contribution is 1.58. The summed E-state index contributed by atoms with van der Waals surface area (Å²) in [6, 6.07) is 0. The average molecular weight is 140 g/mol. The molecule has 0 atom stereocenters. The molecule has 0 radical (unpaired) electrons. The molecule has 0 aliphatic rings. The summed E-state index contributed by atoms with van der Waals surface area (Å²) in [5.74, 6) is 2.15. The summed E-state index contributed by atoms with van der Waals surface area (Å²) in [5, 5.41) is 0. The van der Waals surface area contributed by atoms with E-state index in [0.29, 0.717) is 0 Å². The van der Waals surface area contributed by atoms with Crippen molar-refractivity contribution in [2.45, 2.75) is 0 Å². The van der Waals surface area contributed by atoms with Gasteiger partial charge in [0.05, 0.1) is 0 Å². The van der Waals surface area contributed by atoms with Crippen LogP contribution in [0.1, 0.15) is 0 Å². The van der Waals surface area contributed by atoms with Crippen molar-refractivity contribution in [3.63, 3.8) is 0 Å². The molecule has 3 heteroatoms. The Labute approximate surface area is 52.3 Å². The van der Waals surface area contributed by atoms with E-state index in [1.165, 1.54) is 0 Å². The van der Waals surface area contributed by atoms with Crippen LogP contribution in [0.25, 0.3) is 0 Å². The minimum absolute atomic E-state index is 0.992. The van der Waals surface area contributed by atoms with E-state index < -0.39 is 0 Å². The first-order chi connectivity index (χ1) is 2.91. The lowest BCUT2D eigenvalue weighted by atomic mass is 11.0. The highest BCUT2D eigenvalue weighted by molar-refractivity contribution is 8.76. The monoisotopic (exact) mass is 140 g/mol. The normalized spacial score (nSPS) is 9.00. The Morgan fingerprint density at radius 3 is 2.50 bits per heavy atom. The van der Waals surface area contributed by atoms with Gasteiger partial charge in [-0.2, -0.15) is 12.6 Å². The molecular formula is C3H8S3. The van der Waals surface area contributed by atoms with Crippen molar-refractivity contribution in [1.29, 1.82) is 0 Å². The lowest BCUT2D eigenvalue weighted by Gasteiger charge is -1.85. The minimum Gasteiger partial charge on any atom is -0.178 e. The molecule has 0 fully saturated rings. The van der Waals surface area contributed by atoms with Crippen molar-refractivity contribution in [3.05, 3.63) is 0 Å². The summed E-state index contributed by atoms with van der Waals surface area (Å²) in [5.41, 5.74) is 0. The predicted molar refractivity (Wildman–Crippen MR) is 39.8 cm³/mol. The predicted octanol–water partition coefficient (Wildman–Crippen LogP) is 1.93. The molecular weight excluding hydrogens is 132 g/mol. The molecule has 0 aromatic carbocycles. The highest BCUT2D eigenvalue weighted by Crippen LogP contribution is 2.15. The van der Waals surface area contributed by atoms with E-state index in [-0.39, 0.29) is 0 Å². The zero-order valence-electron chi connectivity index (χ0n) is 3.68. The average Bonchev–Trinajstić information content (AvgIpc) is 1.61. The second-order valence-electron chi connectivity index (χ2n) is 0.712. The fourth-order valence-electron chi connectivity index (χ4n) is 0.121. The molecule has 0 N–H and O–H groups in total. The van der Waals surface area contributed by atoms with Gasteiger partial charge in [-0.15, -0.1) is 0 Å². The molecule has 38 valence electrons. The van der Waals surface area contributed by atoms with Gasteiger partial charge in [-0.3, -0.25) is 0 Å². The Kier molecular flexibility index (Phi) is 7.11. The molecule has 0 saturated carbocycles. The number of rotatable bonds is 3. The third-order valence-corrected chi connectivity index (χ3v) is 2.63. The molecule has 6 heavy (non-hydrogen) atoms. The maximum absolute atomic E-state index is 4.02. The summed E-state index contributed by atoms with van der Waals surface area (Å²) >= 11 is 4.02. The third-order valence-electron chi connectivity index (χ3n) is 0.292. The van der Waals surface area contributed by atoms with Crippen LogP contribution in [0.4, 0.5) is 0 Å². The number of hydrogen-bond acceptors (Lipinski definition) is 3. The molecule has 0 rings (SSSR count). The van der Waals surface area contributed by atoms with E-state index in [1.54, 1.807) is 10.8 Å². The van der Waals surface area contributed by atoms with E-state index in [2.05, 4.69) is 18.9 Å². The van der Waals surface area contributed by atoms with Gasteiger partial charge in [-0.1, -0.05) is 21.6 Å².